The molecule has 0 saturated carbocycles. The summed E-state index contributed by atoms with van der Waals surface area (Å²) >= 11 is 0. The van der Waals surface area contributed by atoms with Crippen LogP contribution in [0.15, 0.2) is 17.0 Å². The summed E-state index contributed by atoms with van der Waals surface area (Å²) < 4.78 is 61.3. The maximum atomic E-state index is 13.9. The van der Waals surface area contributed by atoms with E-state index in [0.29, 0.717) is 0 Å². The zero-order valence-corrected chi connectivity index (χ0v) is 13.1. The summed E-state index contributed by atoms with van der Waals surface area (Å²) in [6.07, 6.45) is 0.999. The van der Waals surface area contributed by atoms with Crippen LogP contribution in [0.25, 0.3) is 0 Å². The third kappa shape index (κ3) is 3.90. The van der Waals surface area contributed by atoms with Crippen molar-refractivity contribution < 1.29 is 21.2 Å². The zero-order chi connectivity index (χ0) is 15.7. The normalized spacial score (nSPS) is 12.8. The van der Waals surface area contributed by atoms with Crippen LogP contribution in [0.2, 0.25) is 0 Å². The number of nitrogens with zero attached hydrogens (tertiary/aromatic N) is 1. The van der Waals surface area contributed by atoms with Gasteiger partial charge in [-0.1, -0.05) is 0 Å². The van der Waals surface area contributed by atoms with Gasteiger partial charge in [-0.15, -0.1) is 0 Å². The Morgan fingerprint density at radius 3 is 2.30 bits per heavy atom. The minimum atomic E-state index is -4.12. The summed E-state index contributed by atoms with van der Waals surface area (Å²) in [6, 6.07) is 2.35. The molecule has 0 atom stereocenters. The predicted molar refractivity (Wildman–Crippen MR) is 75.1 cm³/mol. The maximum absolute atomic E-state index is 13.9. The van der Waals surface area contributed by atoms with Gasteiger partial charge in [0.2, 0.25) is 10.0 Å². The van der Waals surface area contributed by atoms with Crippen LogP contribution < -0.4 is 5.73 Å². The molecule has 20 heavy (non-hydrogen) atoms. The Kier molecular flexibility index (Phi) is 4.78. The van der Waals surface area contributed by atoms with Crippen molar-refractivity contribution in [2.75, 3.05) is 31.3 Å². The molecule has 0 fully saturated rings. The topological polar surface area (TPSA) is 97.5 Å². The number of aryl methyl sites for hydroxylation is 1. The lowest BCUT2D eigenvalue weighted by atomic mass is 10.2. The lowest BCUT2D eigenvalue weighted by Crippen LogP contribution is -2.32. The minimum Gasteiger partial charge on any atom is -0.399 e. The van der Waals surface area contributed by atoms with Crippen LogP contribution in [-0.4, -0.2) is 46.7 Å². The number of sulfone groups is 1. The maximum Gasteiger partial charge on any atom is 0.245 e. The first-order chi connectivity index (χ1) is 8.95. The summed E-state index contributed by atoms with van der Waals surface area (Å²) in [5.41, 5.74) is 5.76. The van der Waals surface area contributed by atoms with E-state index >= 15 is 0 Å². The second kappa shape index (κ2) is 5.66. The van der Waals surface area contributed by atoms with Gasteiger partial charge in [0, 0.05) is 25.5 Å². The summed E-state index contributed by atoms with van der Waals surface area (Å²) in [6.45, 7) is 1.15. The smallest absolute Gasteiger partial charge is 0.245 e. The molecule has 0 unspecified atom stereocenters. The van der Waals surface area contributed by atoms with Gasteiger partial charge in [-0.05, 0) is 24.6 Å². The van der Waals surface area contributed by atoms with Gasteiger partial charge in [0.25, 0.3) is 0 Å². The molecule has 0 radical (unpaired) electrons. The van der Waals surface area contributed by atoms with Crippen LogP contribution in [0.3, 0.4) is 0 Å². The molecule has 0 aliphatic rings. The van der Waals surface area contributed by atoms with Crippen LogP contribution in [0.5, 0.6) is 0 Å². The molecule has 0 saturated heterocycles. The number of nitrogen functional groups attached to an aromatic ring is 1. The van der Waals surface area contributed by atoms with Gasteiger partial charge in [0.15, 0.2) is 0 Å². The molecule has 0 aliphatic carbocycles. The standard InChI is InChI=1S/C11H17FN2O4S2/c1-8-6-9(13)7-10(11(8)12)20(17,18)14(2)4-5-19(3,15)16/h6-7H,4-5,13H2,1-3H3. The Morgan fingerprint density at radius 1 is 1.25 bits per heavy atom. The third-order valence-electron chi connectivity index (χ3n) is 2.71. The zero-order valence-electron chi connectivity index (χ0n) is 11.4. The highest BCUT2D eigenvalue weighted by Crippen LogP contribution is 2.24. The second-order valence-electron chi connectivity index (χ2n) is 4.61. The van der Waals surface area contributed by atoms with E-state index < -0.39 is 30.6 Å². The monoisotopic (exact) mass is 324 g/mol. The van der Waals surface area contributed by atoms with Crippen LogP contribution in [-0.2, 0) is 19.9 Å². The van der Waals surface area contributed by atoms with Crippen molar-refractivity contribution in [3.8, 4) is 0 Å². The van der Waals surface area contributed by atoms with Crippen molar-refractivity contribution in [1.29, 1.82) is 0 Å². The molecule has 0 amide bonds. The number of halogens is 1. The highest BCUT2D eigenvalue weighted by Gasteiger charge is 2.26. The third-order valence-corrected chi connectivity index (χ3v) is 5.49. The Balaban J connectivity index is 3.17. The number of rotatable bonds is 5. The fourth-order valence-corrected chi connectivity index (χ4v) is 3.60. The van der Waals surface area contributed by atoms with Crippen molar-refractivity contribution >= 4 is 25.5 Å². The molecule has 1 aromatic rings. The molecular weight excluding hydrogens is 307 g/mol. The van der Waals surface area contributed by atoms with E-state index in [-0.39, 0.29) is 23.5 Å². The first-order valence-corrected chi connectivity index (χ1v) is 9.15. The van der Waals surface area contributed by atoms with Crippen molar-refractivity contribution in [2.45, 2.75) is 11.8 Å². The molecule has 0 bridgehead atoms. The fourth-order valence-electron chi connectivity index (χ4n) is 1.53. The largest absolute Gasteiger partial charge is 0.399 e. The van der Waals surface area contributed by atoms with Crippen molar-refractivity contribution in [3.05, 3.63) is 23.5 Å². The number of hydrogen-bond acceptors (Lipinski definition) is 5. The summed E-state index contributed by atoms with van der Waals surface area (Å²) in [4.78, 5) is -0.550. The lowest BCUT2D eigenvalue weighted by molar-refractivity contribution is 0.476. The average molecular weight is 324 g/mol. The molecular formula is C11H17FN2O4S2. The van der Waals surface area contributed by atoms with Crippen LogP contribution >= 0.6 is 0 Å². The van der Waals surface area contributed by atoms with Gasteiger partial charge < -0.3 is 5.73 Å². The van der Waals surface area contributed by atoms with Crippen molar-refractivity contribution in [2.24, 2.45) is 0 Å². The lowest BCUT2D eigenvalue weighted by Gasteiger charge is -2.18. The van der Waals surface area contributed by atoms with E-state index in [1.165, 1.54) is 20.0 Å². The van der Waals surface area contributed by atoms with E-state index in [9.17, 15) is 21.2 Å². The Labute approximate surface area is 118 Å². The van der Waals surface area contributed by atoms with Crippen LogP contribution in [0.4, 0.5) is 10.1 Å². The second-order valence-corrected chi connectivity index (χ2v) is 8.88. The average Bonchev–Trinajstić information content (AvgIpc) is 2.29. The van der Waals surface area contributed by atoms with Gasteiger partial charge in [0.1, 0.15) is 20.5 Å². The summed E-state index contributed by atoms with van der Waals surface area (Å²) in [7, 11) is -6.24. The number of benzene rings is 1. The van der Waals surface area contributed by atoms with E-state index in [1.54, 1.807) is 0 Å². The highest BCUT2D eigenvalue weighted by atomic mass is 32.2. The summed E-state index contributed by atoms with van der Waals surface area (Å²) in [5, 5.41) is 0. The molecule has 114 valence electrons. The molecule has 0 aromatic heterocycles. The molecule has 9 heteroatoms. The van der Waals surface area contributed by atoms with Crippen molar-refractivity contribution in [1.82, 2.24) is 4.31 Å². The van der Waals surface area contributed by atoms with Gasteiger partial charge >= 0.3 is 0 Å². The Bertz CT molecular complexity index is 714. The molecule has 1 rings (SSSR count). The van der Waals surface area contributed by atoms with Gasteiger partial charge in [-0.2, -0.15) is 4.31 Å². The van der Waals surface area contributed by atoms with Crippen molar-refractivity contribution in [3.63, 3.8) is 0 Å². The Morgan fingerprint density at radius 2 is 1.80 bits per heavy atom. The van der Waals surface area contributed by atoms with Crippen LogP contribution in [0, 0.1) is 12.7 Å². The molecule has 2 N–H and O–H groups in total. The quantitative estimate of drug-likeness (QED) is 0.790. The highest BCUT2D eigenvalue weighted by molar-refractivity contribution is 7.91. The first kappa shape index (κ1) is 16.9. The van der Waals surface area contributed by atoms with E-state index in [4.69, 9.17) is 5.73 Å². The van der Waals surface area contributed by atoms with Gasteiger partial charge in [0.05, 0.1) is 5.75 Å². The van der Waals surface area contributed by atoms with Gasteiger partial charge in [-0.25, -0.2) is 21.2 Å². The fraction of sp³-hybridized carbons (Fsp3) is 0.455. The van der Waals surface area contributed by atoms with E-state index in [1.807, 2.05) is 0 Å². The number of sulfonamides is 1. The summed E-state index contributed by atoms with van der Waals surface area (Å²) in [5.74, 6) is -1.23. The number of hydrogen-bond donors (Lipinski definition) is 1. The Hall–Kier alpha value is -1.19. The number of anilines is 1. The molecule has 0 aliphatic heterocycles. The van der Waals surface area contributed by atoms with Gasteiger partial charge in [-0.3, -0.25) is 0 Å². The predicted octanol–water partition coefficient (Wildman–Crippen LogP) is 0.381. The van der Waals surface area contributed by atoms with E-state index in [2.05, 4.69) is 0 Å². The molecule has 1 aromatic carbocycles. The molecule has 0 heterocycles. The van der Waals surface area contributed by atoms with Crippen LogP contribution in [0.1, 0.15) is 5.56 Å². The first-order valence-electron chi connectivity index (χ1n) is 5.65. The molecule has 6 nitrogen and oxygen atoms in total. The van der Waals surface area contributed by atoms with E-state index in [0.717, 1.165) is 16.6 Å². The minimum absolute atomic E-state index is 0.111. The molecule has 0 spiro atoms. The number of nitrogens with two attached hydrogens (primary N) is 1. The SMILES string of the molecule is Cc1cc(N)cc(S(=O)(=O)N(C)CCS(C)(=O)=O)c1F.